The van der Waals surface area contributed by atoms with Crippen LogP contribution in [-0.2, 0) is 15.3 Å². The fourth-order valence-electron chi connectivity index (χ4n) is 1.03. The molecule has 70 valence electrons. The van der Waals surface area contributed by atoms with E-state index in [1.165, 1.54) is 5.56 Å². The van der Waals surface area contributed by atoms with Gasteiger partial charge in [-0.3, -0.25) is 0 Å². The van der Waals surface area contributed by atoms with Gasteiger partial charge in [-0.15, -0.1) is 4.52 Å². The molecule has 0 aliphatic heterocycles. The van der Waals surface area contributed by atoms with Crippen molar-refractivity contribution in [2.24, 2.45) is 0 Å². The van der Waals surface area contributed by atoms with E-state index in [1.54, 1.807) is 0 Å². The van der Waals surface area contributed by atoms with Gasteiger partial charge in [0.25, 0.3) is 0 Å². The Morgan fingerprint density at radius 2 is 1.92 bits per heavy atom. The van der Waals surface area contributed by atoms with E-state index in [0.717, 1.165) is 5.56 Å². The first kappa shape index (κ1) is 10.4. The van der Waals surface area contributed by atoms with Gasteiger partial charge >= 0.3 is 8.03 Å². The average molecular weight is 197 g/mol. The van der Waals surface area contributed by atoms with Gasteiger partial charge in [-0.05, 0) is 18.4 Å². The zero-order valence-electron chi connectivity index (χ0n) is 7.99. The monoisotopic (exact) mass is 197 g/mol. The van der Waals surface area contributed by atoms with Crippen molar-refractivity contribution in [2.75, 3.05) is 6.61 Å². The Bertz CT molecular complexity index is 279. The smallest absolute Gasteiger partial charge is 0.146 e. The highest BCUT2D eigenvalue weighted by molar-refractivity contribution is 7.38. The van der Waals surface area contributed by atoms with Gasteiger partial charge in [-0.25, -0.2) is 0 Å². The summed E-state index contributed by atoms with van der Waals surface area (Å²) in [5.74, 6) is 0. The highest BCUT2D eigenvalue weighted by Gasteiger charge is 2.16. The first-order chi connectivity index (χ1) is 6.22. The van der Waals surface area contributed by atoms with Crippen molar-refractivity contribution >= 4 is 8.03 Å². The summed E-state index contributed by atoms with van der Waals surface area (Å²) in [6.07, 6.45) is 0.517. The van der Waals surface area contributed by atoms with E-state index in [-0.39, 0.29) is 0 Å². The molecule has 0 radical (unpaired) electrons. The van der Waals surface area contributed by atoms with Crippen molar-refractivity contribution in [3.05, 3.63) is 35.4 Å². The summed E-state index contributed by atoms with van der Waals surface area (Å²) < 4.78 is 16.2. The van der Waals surface area contributed by atoms with Crippen LogP contribution < -0.4 is 0 Å². The van der Waals surface area contributed by atoms with Crippen LogP contribution in [0.2, 0.25) is 0 Å². The second kappa shape index (κ2) is 5.11. The van der Waals surface area contributed by atoms with Crippen molar-refractivity contribution in [1.29, 1.82) is 0 Å². The molecule has 13 heavy (non-hydrogen) atoms. The maximum atomic E-state index is 11.2. The van der Waals surface area contributed by atoms with Gasteiger partial charge in [0.15, 0.2) is 0 Å². The predicted molar refractivity (Wildman–Crippen MR) is 54.1 cm³/mol. The summed E-state index contributed by atoms with van der Waals surface area (Å²) in [6.45, 7) is 4.40. The molecule has 1 rings (SSSR count). The summed E-state index contributed by atoms with van der Waals surface area (Å²) in [6, 6.07) is 8.01. The molecule has 1 aromatic rings. The lowest BCUT2D eigenvalue weighted by Crippen LogP contribution is -1.83. The third kappa shape index (κ3) is 3.67. The van der Waals surface area contributed by atoms with E-state index in [9.17, 15) is 4.57 Å². The Balaban J connectivity index is 2.54. The van der Waals surface area contributed by atoms with Crippen molar-refractivity contribution in [1.82, 2.24) is 0 Å². The van der Waals surface area contributed by atoms with Crippen LogP contribution in [0.4, 0.5) is 0 Å². The zero-order valence-corrected chi connectivity index (χ0v) is 8.88. The minimum atomic E-state index is -1.52. The molecule has 0 fully saturated rings. The minimum Gasteiger partial charge on any atom is -0.146 e. The van der Waals surface area contributed by atoms with Crippen LogP contribution in [0.1, 0.15) is 18.1 Å². The number of hydrogen-bond acceptors (Lipinski definition) is 2. The lowest BCUT2D eigenvalue weighted by Gasteiger charge is -1.93. The van der Waals surface area contributed by atoms with Crippen molar-refractivity contribution in [2.45, 2.75) is 20.0 Å². The molecule has 0 saturated carbocycles. The molecule has 3 heteroatoms. The molecule has 0 amide bonds. The molecule has 0 heterocycles. The van der Waals surface area contributed by atoms with Crippen molar-refractivity contribution in [3.63, 3.8) is 0 Å². The summed E-state index contributed by atoms with van der Waals surface area (Å²) >= 11 is 0. The zero-order chi connectivity index (χ0) is 9.68. The van der Waals surface area contributed by atoms with Gasteiger partial charge < -0.3 is 0 Å². The first-order valence-electron chi connectivity index (χ1n) is 4.35. The molecule has 1 unspecified atom stereocenters. The number of aryl methyl sites for hydroxylation is 1. The van der Waals surface area contributed by atoms with Gasteiger partial charge in [0, 0.05) is 5.56 Å². The summed E-state index contributed by atoms with van der Waals surface area (Å²) in [4.78, 5) is 0. The van der Waals surface area contributed by atoms with Crippen molar-refractivity contribution in [3.8, 4) is 0 Å². The minimum absolute atomic E-state index is 0.515. The predicted octanol–water partition coefficient (Wildman–Crippen LogP) is 3.27. The molecular formula is C10H14O2P+. The van der Waals surface area contributed by atoms with Gasteiger partial charge in [-0.1, -0.05) is 29.8 Å². The maximum Gasteiger partial charge on any atom is 0.512 e. The van der Waals surface area contributed by atoms with Crippen LogP contribution in [0.5, 0.6) is 0 Å². The van der Waals surface area contributed by atoms with Crippen LogP contribution in [0.15, 0.2) is 24.3 Å². The highest BCUT2D eigenvalue weighted by Crippen LogP contribution is 2.27. The number of benzene rings is 1. The Labute approximate surface area is 79.8 Å². The van der Waals surface area contributed by atoms with Crippen LogP contribution in [0.25, 0.3) is 0 Å². The quantitative estimate of drug-likeness (QED) is 0.692. The van der Waals surface area contributed by atoms with E-state index in [2.05, 4.69) is 0 Å². The Morgan fingerprint density at radius 3 is 2.46 bits per heavy atom. The fourth-order valence-corrected chi connectivity index (χ4v) is 1.92. The van der Waals surface area contributed by atoms with Gasteiger partial charge in [-0.2, -0.15) is 0 Å². The molecule has 1 atom stereocenters. The van der Waals surface area contributed by atoms with E-state index in [0.29, 0.717) is 12.8 Å². The Hall–Kier alpha value is -0.720. The van der Waals surface area contributed by atoms with Gasteiger partial charge in [0.05, 0.1) is 6.61 Å². The van der Waals surface area contributed by atoms with Gasteiger partial charge in [0.2, 0.25) is 6.16 Å². The maximum absolute atomic E-state index is 11.2. The molecule has 0 aliphatic carbocycles. The van der Waals surface area contributed by atoms with E-state index < -0.39 is 8.03 Å². The Kier molecular flexibility index (Phi) is 4.07. The lowest BCUT2D eigenvalue weighted by molar-refractivity contribution is 0.350. The Morgan fingerprint density at radius 1 is 1.31 bits per heavy atom. The normalized spacial score (nSPS) is 11.4. The standard InChI is InChI=1S/C10H14O2P/c1-3-12-13(11)8-10-6-4-9(2)5-7-10/h4-7H,3,8H2,1-2H3/q+1. The van der Waals surface area contributed by atoms with Gasteiger partial charge in [0.1, 0.15) is 0 Å². The molecule has 0 spiro atoms. The molecule has 0 N–H and O–H groups in total. The molecule has 0 aromatic heterocycles. The summed E-state index contributed by atoms with van der Waals surface area (Å²) in [7, 11) is -1.52. The van der Waals surface area contributed by atoms with E-state index in [1.807, 2.05) is 38.1 Å². The van der Waals surface area contributed by atoms with Crippen LogP contribution >= 0.6 is 8.03 Å². The van der Waals surface area contributed by atoms with Crippen LogP contribution in [-0.4, -0.2) is 6.61 Å². The topological polar surface area (TPSA) is 26.3 Å². The second-order valence-corrected chi connectivity index (χ2v) is 4.13. The first-order valence-corrected chi connectivity index (χ1v) is 5.71. The molecular weight excluding hydrogens is 183 g/mol. The third-order valence-corrected chi connectivity index (χ3v) is 2.87. The average Bonchev–Trinajstić information content (AvgIpc) is 2.09. The molecule has 0 saturated heterocycles. The van der Waals surface area contributed by atoms with E-state index >= 15 is 0 Å². The van der Waals surface area contributed by atoms with Crippen molar-refractivity contribution < 1.29 is 9.09 Å². The summed E-state index contributed by atoms with van der Waals surface area (Å²) in [5.41, 5.74) is 2.29. The largest absolute Gasteiger partial charge is 0.512 e. The SMILES string of the molecule is CCO[P+](=O)Cc1ccc(C)cc1. The fraction of sp³-hybridized carbons (Fsp3) is 0.400. The van der Waals surface area contributed by atoms with E-state index in [4.69, 9.17) is 4.52 Å². The number of hydrogen-bond donors (Lipinski definition) is 0. The molecule has 0 aliphatic rings. The van der Waals surface area contributed by atoms with Crippen LogP contribution in [0.3, 0.4) is 0 Å². The second-order valence-electron chi connectivity index (χ2n) is 2.89. The third-order valence-electron chi connectivity index (χ3n) is 1.71. The molecule has 0 bridgehead atoms. The van der Waals surface area contributed by atoms with Crippen LogP contribution in [0, 0.1) is 6.92 Å². The lowest BCUT2D eigenvalue weighted by atomic mass is 10.2. The number of rotatable bonds is 4. The highest BCUT2D eigenvalue weighted by atomic mass is 31.1. The summed E-state index contributed by atoms with van der Waals surface area (Å²) in [5, 5.41) is 0. The molecule has 2 nitrogen and oxygen atoms in total. The molecule has 1 aromatic carbocycles.